The second kappa shape index (κ2) is 6.75. The zero-order chi connectivity index (χ0) is 12.9. The smallest absolute Gasteiger partial charge is 0.0627 e. The number of ether oxygens (including phenoxy) is 2. The quantitative estimate of drug-likeness (QED) is 0.690. The van der Waals surface area contributed by atoms with Crippen molar-refractivity contribution >= 4 is 0 Å². The Labute approximate surface area is 107 Å². The molecular weight excluding hydrogens is 212 g/mol. The van der Waals surface area contributed by atoms with Crippen LogP contribution in [0.2, 0.25) is 0 Å². The molecule has 0 aliphatic heterocycles. The van der Waals surface area contributed by atoms with Gasteiger partial charge in [-0.3, -0.25) is 0 Å². The molecule has 1 rings (SSSR count). The maximum Gasteiger partial charge on any atom is 0.0627 e. The molecule has 0 spiro atoms. The van der Waals surface area contributed by atoms with Gasteiger partial charge in [0.15, 0.2) is 0 Å². The molecule has 1 aliphatic carbocycles. The molecule has 0 aromatic heterocycles. The maximum atomic E-state index is 6.15. The third-order valence-electron chi connectivity index (χ3n) is 3.96. The summed E-state index contributed by atoms with van der Waals surface area (Å²) in [4.78, 5) is 0. The van der Waals surface area contributed by atoms with Gasteiger partial charge in [0.2, 0.25) is 0 Å². The van der Waals surface area contributed by atoms with Crippen molar-refractivity contribution in [1.29, 1.82) is 0 Å². The molecule has 0 N–H and O–H groups in total. The van der Waals surface area contributed by atoms with Crippen LogP contribution in [-0.2, 0) is 9.47 Å². The molecule has 0 amide bonds. The Hall–Kier alpha value is -0.0800. The zero-order valence-electron chi connectivity index (χ0n) is 12.3. The first-order valence-corrected chi connectivity index (χ1v) is 7.30. The monoisotopic (exact) mass is 242 g/mol. The molecule has 2 heteroatoms. The minimum atomic E-state index is 0.0368. The van der Waals surface area contributed by atoms with Gasteiger partial charge in [-0.2, -0.15) is 0 Å². The SMILES string of the molecule is CCC(C)OC1CCC(OC(C)(C)CC)CC1. The average molecular weight is 242 g/mol. The van der Waals surface area contributed by atoms with E-state index in [0.717, 1.165) is 38.5 Å². The van der Waals surface area contributed by atoms with Crippen LogP contribution in [0.5, 0.6) is 0 Å². The van der Waals surface area contributed by atoms with Crippen molar-refractivity contribution in [2.24, 2.45) is 0 Å². The van der Waals surface area contributed by atoms with Crippen LogP contribution in [0.25, 0.3) is 0 Å². The Morgan fingerprint density at radius 1 is 1.06 bits per heavy atom. The van der Waals surface area contributed by atoms with Crippen molar-refractivity contribution in [3.05, 3.63) is 0 Å². The van der Waals surface area contributed by atoms with Crippen molar-refractivity contribution in [1.82, 2.24) is 0 Å². The minimum absolute atomic E-state index is 0.0368. The van der Waals surface area contributed by atoms with Gasteiger partial charge in [0.05, 0.1) is 23.9 Å². The summed E-state index contributed by atoms with van der Waals surface area (Å²) in [6, 6.07) is 0. The number of rotatable bonds is 6. The lowest BCUT2D eigenvalue weighted by atomic mass is 9.93. The summed E-state index contributed by atoms with van der Waals surface area (Å²) in [6.45, 7) is 10.9. The lowest BCUT2D eigenvalue weighted by Gasteiger charge is -2.35. The summed E-state index contributed by atoms with van der Waals surface area (Å²) in [7, 11) is 0. The molecule has 0 aromatic rings. The highest BCUT2D eigenvalue weighted by Crippen LogP contribution is 2.28. The van der Waals surface area contributed by atoms with E-state index >= 15 is 0 Å². The van der Waals surface area contributed by atoms with Gasteiger partial charge in [0.25, 0.3) is 0 Å². The number of hydrogen-bond donors (Lipinski definition) is 0. The van der Waals surface area contributed by atoms with E-state index in [4.69, 9.17) is 9.47 Å². The van der Waals surface area contributed by atoms with Gasteiger partial charge < -0.3 is 9.47 Å². The predicted molar refractivity (Wildman–Crippen MR) is 72.3 cm³/mol. The zero-order valence-corrected chi connectivity index (χ0v) is 12.3. The van der Waals surface area contributed by atoms with E-state index in [1.54, 1.807) is 0 Å². The Morgan fingerprint density at radius 2 is 1.59 bits per heavy atom. The lowest BCUT2D eigenvalue weighted by molar-refractivity contribution is -0.110. The van der Waals surface area contributed by atoms with Crippen molar-refractivity contribution in [2.45, 2.75) is 97.1 Å². The first kappa shape index (κ1) is 15.0. The summed E-state index contributed by atoms with van der Waals surface area (Å²) in [5, 5.41) is 0. The van der Waals surface area contributed by atoms with Crippen LogP contribution in [0.3, 0.4) is 0 Å². The molecule has 0 saturated heterocycles. The van der Waals surface area contributed by atoms with Crippen LogP contribution < -0.4 is 0 Å². The maximum absolute atomic E-state index is 6.15. The molecule has 1 fully saturated rings. The molecule has 1 unspecified atom stereocenters. The van der Waals surface area contributed by atoms with Crippen molar-refractivity contribution in [2.75, 3.05) is 0 Å². The Balaban J connectivity index is 2.26. The molecule has 17 heavy (non-hydrogen) atoms. The summed E-state index contributed by atoms with van der Waals surface area (Å²) >= 11 is 0. The third kappa shape index (κ3) is 5.39. The Kier molecular flexibility index (Phi) is 5.94. The van der Waals surface area contributed by atoms with Gasteiger partial charge in [-0.15, -0.1) is 0 Å². The minimum Gasteiger partial charge on any atom is -0.375 e. The summed E-state index contributed by atoms with van der Waals surface area (Å²) < 4.78 is 12.1. The fourth-order valence-electron chi connectivity index (χ4n) is 2.25. The largest absolute Gasteiger partial charge is 0.375 e. The van der Waals surface area contributed by atoms with Gasteiger partial charge in [0, 0.05) is 0 Å². The van der Waals surface area contributed by atoms with Crippen LogP contribution in [0.15, 0.2) is 0 Å². The van der Waals surface area contributed by atoms with Gasteiger partial charge >= 0.3 is 0 Å². The normalized spacial score (nSPS) is 28.1. The van der Waals surface area contributed by atoms with E-state index in [1.807, 2.05) is 0 Å². The topological polar surface area (TPSA) is 18.5 Å². The molecule has 1 saturated carbocycles. The average Bonchev–Trinajstić information content (AvgIpc) is 2.31. The van der Waals surface area contributed by atoms with E-state index < -0.39 is 0 Å². The molecule has 1 aliphatic rings. The molecule has 0 radical (unpaired) electrons. The van der Waals surface area contributed by atoms with Gasteiger partial charge in [-0.05, 0) is 59.3 Å². The first-order valence-electron chi connectivity index (χ1n) is 7.30. The third-order valence-corrected chi connectivity index (χ3v) is 3.96. The second-order valence-corrected chi connectivity index (χ2v) is 5.98. The molecule has 0 bridgehead atoms. The van der Waals surface area contributed by atoms with E-state index in [1.165, 1.54) is 0 Å². The fourth-order valence-corrected chi connectivity index (χ4v) is 2.25. The predicted octanol–water partition coefficient (Wildman–Crippen LogP) is 4.32. The summed E-state index contributed by atoms with van der Waals surface area (Å²) in [5.41, 5.74) is 0.0368. The highest BCUT2D eigenvalue weighted by Gasteiger charge is 2.27. The Morgan fingerprint density at radius 3 is 2.06 bits per heavy atom. The molecule has 102 valence electrons. The molecule has 0 heterocycles. The van der Waals surface area contributed by atoms with E-state index in [-0.39, 0.29) is 5.60 Å². The van der Waals surface area contributed by atoms with Crippen LogP contribution in [0.4, 0.5) is 0 Å². The van der Waals surface area contributed by atoms with Crippen LogP contribution in [0, 0.1) is 0 Å². The molecule has 2 nitrogen and oxygen atoms in total. The second-order valence-electron chi connectivity index (χ2n) is 5.98. The Bertz CT molecular complexity index is 205. The van der Waals surface area contributed by atoms with Crippen LogP contribution in [-0.4, -0.2) is 23.9 Å². The molecule has 1 atom stereocenters. The van der Waals surface area contributed by atoms with Gasteiger partial charge in [-0.25, -0.2) is 0 Å². The highest BCUT2D eigenvalue weighted by molar-refractivity contribution is 4.77. The lowest BCUT2D eigenvalue weighted by Crippen LogP contribution is -2.35. The molecular formula is C15H30O2. The van der Waals surface area contributed by atoms with Crippen LogP contribution >= 0.6 is 0 Å². The number of hydrogen-bond acceptors (Lipinski definition) is 2. The van der Waals surface area contributed by atoms with Crippen molar-refractivity contribution < 1.29 is 9.47 Å². The van der Waals surface area contributed by atoms with E-state index in [9.17, 15) is 0 Å². The molecule has 0 aromatic carbocycles. The van der Waals surface area contributed by atoms with Crippen LogP contribution in [0.1, 0.15) is 73.1 Å². The first-order chi connectivity index (χ1) is 7.96. The fraction of sp³-hybridized carbons (Fsp3) is 1.00. The van der Waals surface area contributed by atoms with Crippen molar-refractivity contribution in [3.63, 3.8) is 0 Å². The van der Waals surface area contributed by atoms with Gasteiger partial charge in [0.1, 0.15) is 0 Å². The highest BCUT2D eigenvalue weighted by atomic mass is 16.5. The van der Waals surface area contributed by atoms with E-state index in [0.29, 0.717) is 18.3 Å². The standard InChI is InChI=1S/C15H30O2/c1-6-12(3)16-13-8-10-14(11-9-13)17-15(4,5)7-2/h12-14H,6-11H2,1-5H3. The van der Waals surface area contributed by atoms with Gasteiger partial charge in [-0.1, -0.05) is 13.8 Å². The summed E-state index contributed by atoms with van der Waals surface area (Å²) in [5.74, 6) is 0. The van der Waals surface area contributed by atoms with Crippen molar-refractivity contribution in [3.8, 4) is 0 Å². The summed E-state index contributed by atoms with van der Waals surface area (Å²) in [6.07, 6.45) is 8.15. The van der Waals surface area contributed by atoms with E-state index in [2.05, 4.69) is 34.6 Å².